The molecule has 0 saturated carbocycles. The van der Waals surface area contributed by atoms with E-state index in [-0.39, 0.29) is 35.0 Å². The van der Waals surface area contributed by atoms with E-state index in [4.69, 9.17) is 20.6 Å². The average molecular weight is 575 g/mol. The largest absolute Gasteiger partial charge is 0.478 e. The van der Waals surface area contributed by atoms with Crippen LogP contribution in [0.4, 0.5) is 14.5 Å². The van der Waals surface area contributed by atoms with Gasteiger partial charge < -0.3 is 25.2 Å². The third-order valence-corrected chi connectivity index (χ3v) is 6.49. The third kappa shape index (κ3) is 6.33. The van der Waals surface area contributed by atoms with Crippen molar-refractivity contribution < 1.29 is 28.2 Å². The summed E-state index contributed by atoms with van der Waals surface area (Å²) in [6, 6.07) is 17.4. The molecule has 3 aromatic carbocycles. The van der Waals surface area contributed by atoms with Crippen molar-refractivity contribution in [1.82, 2.24) is 4.98 Å². The quantitative estimate of drug-likeness (QED) is 0.132. The summed E-state index contributed by atoms with van der Waals surface area (Å²) in [5.74, 6) is -5.05. The number of benzene rings is 3. The number of pyridine rings is 1. The number of halogens is 2. The van der Waals surface area contributed by atoms with Crippen LogP contribution in [0.1, 0.15) is 49.2 Å². The molecule has 4 aromatic rings. The van der Waals surface area contributed by atoms with E-state index in [0.717, 1.165) is 11.1 Å². The molecule has 0 bridgehead atoms. The summed E-state index contributed by atoms with van der Waals surface area (Å²) in [7, 11) is 0. The Kier molecular flexibility index (Phi) is 8.75. The SMILES string of the molecule is Cc1cccc(-c2ccc(Oc3nc(Oc4cccc(C(=N)N)c4)c(F)c(N(C(C)C)C(C)C)c3F)c(C(=O)O)c2)c1. The van der Waals surface area contributed by atoms with E-state index in [9.17, 15) is 9.90 Å². The summed E-state index contributed by atoms with van der Waals surface area (Å²) in [5.41, 5.74) is 7.65. The number of nitrogens with two attached hydrogens (primary N) is 1. The third-order valence-electron chi connectivity index (χ3n) is 6.49. The molecule has 0 unspecified atom stereocenters. The molecule has 4 rings (SSSR count). The molecule has 0 fully saturated rings. The number of carboxylic acids is 1. The number of aromatic nitrogens is 1. The first kappa shape index (κ1) is 30.0. The van der Waals surface area contributed by atoms with Gasteiger partial charge in [-0.2, -0.15) is 13.8 Å². The highest BCUT2D eigenvalue weighted by Gasteiger charge is 2.31. The topological polar surface area (TPSA) is 122 Å². The van der Waals surface area contributed by atoms with Crippen LogP contribution < -0.4 is 20.1 Å². The first-order valence-corrected chi connectivity index (χ1v) is 13.3. The molecule has 0 spiro atoms. The number of rotatable bonds is 10. The minimum absolute atomic E-state index is 0.104. The molecule has 0 atom stereocenters. The number of carbonyl (C=O) groups is 1. The molecular weight excluding hydrogens is 542 g/mol. The molecule has 10 heteroatoms. The maximum Gasteiger partial charge on any atom is 0.339 e. The summed E-state index contributed by atoms with van der Waals surface area (Å²) in [4.78, 5) is 17.7. The predicted molar refractivity (Wildman–Crippen MR) is 158 cm³/mol. The van der Waals surface area contributed by atoms with Gasteiger partial charge in [0.05, 0.1) is 0 Å². The molecule has 1 heterocycles. The Bertz CT molecular complexity index is 1650. The van der Waals surface area contributed by atoms with Crippen LogP contribution in [0.2, 0.25) is 0 Å². The monoisotopic (exact) mass is 574 g/mol. The van der Waals surface area contributed by atoms with E-state index in [2.05, 4.69) is 4.98 Å². The van der Waals surface area contributed by atoms with Crippen LogP contribution in [0.15, 0.2) is 66.7 Å². The fourth-order valence-corrected chi connectivity index (χ4v) is 4.70. The van der Waals surface area contributed by atoms with Crippen molar-refractivity contribution in [2.75, 3.05) is 4.90 Å². The summed E-state index contributed by atoms with van der Waals surface area (Å²) < 4.78 is 43.5. The van der Waals surface area contributed by atoms with Crippen molar-refractivity contribution in [2.24, 2.45) is 5.73 Å². The van der Waals surface area contributed by atoms with Gasteiger partial charge in [-0.15, -0.1) is 0 Å². The van der Waals surface area contributed by atoms with Gasteiger partial charge >= 0.3 is 5.97 Å². The normalized spacial score (nSPS) is 11.1. The van der Waals surface area contributed by atoms with Gasteiger partial charge in [0, 0.05) is 17.6 Å². The van der Waals surface area contributed by atoms with Crippen LogP contribution in [0, 0.1) is 24.0 Å². The van der Waals surface area contributed by atoms with Gasteiger partial charge in [0.1, 0.15) is 28.6 Å². The minimum Gasteiger partial charge on any atom is -0.478 e. The number of nitrogen functional groups attached to an aromatic ring is 1. The standard InChI is InChI=1S/C32H32F2N4O4/c1-17(2)38(18(3)4)28-26(33)30(41-23-11-7-10-22(15-23)29(35)36)37-31(27(28)34)42-25-13-12-21(16-24(25)32(39)40)20-9-6-8-19(5)14-20/h6-18H,1-5H3,(H3,35,36)(H,39,40). The van der Waals surface area contributed by atoms with Gasteiger partial charge in [-0.25, -0.2) is 4.79 Å². The summed E-state index contributed by atoms with van der Waals surface area (Å²) in [6.07, 6.45) is 0. The van der Waals surface area contributed by atoms with E-state index in [1.54, 1.807) is 45.9 Å². The highest BCUT2D eigenvalue weighted by molar-refractivity contribution is 5.95. The first-order valence-electron chi connectivity index (χ1n) is 13.3. The van der Waals surface area contributed by atoms with Crippen molar-refractivity contribution in [1.29, 1.82) is 5.41 Å². The number of anilines is 1. The van der Waals surface area contributed by atoms with Crippen molar-refractivity contribution in [3.05, 3.63) is 95.1 Å². The molecule has 4 N–H and O–H groups in total. The Morgan fingerprint density at radius 3 is 2.12 bits per heavy atom. The number of nitrogens with one attached hydrogen (secondary N) is 1. The second-order valence-electron chi connectivity index (χ2n) is 10.3. The number of hydrogen-bond acceptors (Lipinski definition) is 6. The Hall–Kier alpha value is -4.99. The maximum absolute atomic E-state index is 16.1. The lowest BCUT2D eigenvalue weighted by Crippen LogP contribution is -2.38. The molecular formula is C32H32F2N4O4. The zero-order chi connectivity index (χ0) is 30.7. The van der Waals surface area contributed by atoms with Crippen LogP contribution in [0.3, 0.4) is 0 Å². The number of hydrogen-bond donors (Lipinski definition) is 3. The summed E-state index contributed by atoms with van der Waals surface area (Å²) >= 11 is 0. The average Bonchev–Trinajstić information content (AvgIpc) is 2.93. The van der Waals surface area contributed by atoms with Crippen LogP contribution in [0.5, 0.6) is 23.3 Å². The van der Waals surface area contributed by atoms with Gasteiger partial charge in [-0.3, -0.25) is 5.41 Å². The lowest BCUT2D eigenvalue weighted by atomic mass is 10.0. The molecule has 0 aliphatic carbocycles. The number of aryl methyl sites for hydroxylation is 1. The Morgan fingerprint density at radius 1 is 0.905 bits per heavy atom. The van der Waals surface area contributed by atoms with E-state index < -0.39 is 35.1 Å². The molecule has 42 heavy (non-hydrogen) atoms. The zero-order valence-corrected chi connectivity index (χ0v) is 23.9. The molecule has 0 amide bonds. The van der Waals surface area contributed by atoms with Crippen molar-refractivity contribution in [2.45, 2.75) is 46.7 Å². The minimum atomic E-state index is -1.30. The maximum atomic E-state index is 16.1. The smallest absolute Gasteiger partial charge is 0.339 e. The number of ether oxygens (including phenoxy) is 2. The van der Waals surface area contributed by atoms with Gasteiger partial charge in [0.2, 0.25) is 11.6 Å². The van der Waals surface area contributed by atoms with Gasteiger partial charge in [0.15, 0.2) is 0 Å². The van der Waals surface area contributed by atoms with E-state index in [1.165, 1.54) is 29.2 Å². The van der Waals surface area contributed by atoms with E-state index in [0.29, 0.717) is 11.1 Å². The fourth-order valence-electron chi connectivity index (χ4n) is 4.70. The van der Waals surface area contributed by atoms with E-state index in [1.807, 2.05) is 31.2 Å². The van der Waals surface area contributed by atoms with Crippen LogP contribution in [0.25, 0.3) is 11.1 Å². The Labute approximate surface area is 242 Å². The molecule has 1 aromatic heterocycles. The molecule has 0 aliphatic rings. The van der Waals surface area contributed by atoms with Gasteiger partial charge in [-0.05, 0) is 70.0 Å². The summed E-state index contributed by atoms with van der Waals surface area (Å²) in [6.45, 7) is 9.05. The van der Waals surface area contributed by atoms with Crippen LogP contribution >= 0.6 is 0 Å². The second kappa shape index (κ2) is 12.3. The fraction of sp³-hybridized carbons (Fsp3) is 0.219. The molecule has 0 saturated heterocycles. The molecule has 0 aliphatic heterocycles. The highest BCUT2D eigenvalue weighted by Crippen LogP contribution is 2.40. The Balaban J connectivity index is 1.86. The number of aromatic carboxylic acids is 1. The van der Waals surface area contributed by atoms with E-state index >= 15 is 8.78 Å². The highest BCUT2D eigenvalue weighted by atomic mass is 19.1. The number of nitrogens with zero attached hydrogens (tertiary/aromatic N) is 2. The van der Waals surface area contributed by atoms with Crippen LogP contribution in [-0.2, 0) is 0 Å². The van der Waals surface area contributed by atoms with Gasteiger partial charge in [-0.1, -0.05) is 48.0 Å². The van der Waals surface area contributed by atoms with Crippen molar-refractivity contribution >= 4 is 17.5 Å². The van der Waals surface area contributed by atoms with Gasteiger partial charge in [0.25, 0.3) is 11.8 Å². The lowest BCUT2D eigenvalue weighted by molar-refractivity contribution is 0.0694. The Morgan fingerprint density at radius 2 is 1.52 bits per heavy atom. The predicted octanol–water partition coefficient (Wildman–Crippen LogP) is 7.53. The zero-order valence-electron chi connectivity index (χ0n) is 23.9. The number of amidine groups is 1. The molecule has 0 radical (unpaired) electrons. The molecule has 218 valence electrons. The molecule has 8 nitrogen and oxygen atoms in total. The first-order chi connectivity index (χ1) is 19.9. The van der Waals surface area contributed by atoms with Crippen LogP contribution in [-0.4, -0.2) is 34.0 Å². The summed E-state index contributed by atoms with van der Waals surface area (Å²) in [5, 5.41) is 17.6. The lowest BCUT2D eigenvalue weighted by Gasteiger charge is -2.33. The van der Waals surface area contributed by atoms with Crippen molar-refractivity contribution in [3.8, 4) is 34.4 Å². The second-order valence-corrected chi connectivity index (χ2v) is 10.3. The van der Waals surface area contributed by atoms with Crippen molar-refractivity contribution in [3.63, 3.8) is 0 Å². The number of carboxylic acid groups (broad SMARTS) is 1.